The van der Waals surface area contributed by atoms with E-state index in [2.05, 4.69) is 5.32 Å². The van der Waals surface area contributed by atoms with Crippen LogP contribution < -0.4 is 5.32 Å². The Kier molecular flexibility index (Phi) is 6.39. The summed E-state index contributed by atoms with van der Waals surface area (Å²) in [5, 5.41) is 3.47. The Bertz CT molecular complexity index is 1020. The van der Waals surface area contributed by atoms with E-state index in [1.807, 2.05) is 48.7 Å². The lowest BCUT2D eigenvalue weighted by atomic mass is 10.1. The molecule has 0 atom stereocenters. The fraction of sp³-hybridized carbons (Fsp3) is 0.217. The lowest BCUT2D eigenvalue weighted by molar-refractivity contribution is 0.0527. The van der Waals surface area contributed by atoms with Crippen molar-refractivity contribution in [2.75, 3.05) is 11.9 Å². The van der Waals surface area contributed by atoms with Gasteiger partial charge in [0.15, 0.2) is 0 Å². The third-order valence-electron chi connectivity index (χ3n) is 4.83. The fourth-order valence-corrected chi connectivity index (χ4v) is 3.32. The van der Waals surface area contributed by atoms with Crippen LogP contribution in [0.15, 0.2) is 54.6 Å². The molecular formula is C23H23ClN2O3. The Morgan fingerprint density at radius 2 is 1.69 bits per heavy atom. The number of aromatic nitrogens is 1. The standard InChI is InChI=1S/C23H23ClN2O3/c1-4-29-23(28)20-15(2)16(3)26(14-17-8-6-5-7-9-17)21(20)25-22(27)18-10-12-19(24)13-11-18/h5-13H,4,14H2,1-3H3,(H,25,27). The second kappa shape index (κ2) is 8.97. The smallest absolute Gasteiger partial charge is 0.342 e. The maximum absolute atomic E-state index is 12.9. The molecule has 0 aliphatic carbocycles. The van der Waals surface area contributed by atoms with E-state index in [9.17, 15) is 9.59 Å². The Balaban J connectivity index is 2.05. The lowest BCUT2D eigenvalue weighted by Crippen LogP contribution is -2.19. The molecule has 29 heavy (non-hydrogen) atoms. The van der Waals surface area contributed by atoms with Crippen LogP contribution in [-0.4, -0.2) is 23.1 Å². The number of amides is 1. The van der Waals surface area contributed by atoms with Crippen LogP contribution in [0.25, 0.3) is 0 Å². The molecule has 150 valence electrons. The van der Waals surface area contributed by atoms with Gasteiger partial charge in [0.05, 0.1) is 6.61 Å². The molecule has 0 bridgehead atoms. The van der Waals surface area contributed by atoms with Crippen molar-refractivity contribution in [3.8, 4) is 0 Å². The number of hydrogen-bond donors (Lipinski definition) is 1. The van der Waals surface area contributed by atoms with Crippen molar-refractivity contribution in [2.45, 2.75) is 27.3 Å². The van der Waals surface area contributed by atoms with E-state index in [1.54, 1.807) is 31.2 Å². The third-order valence-corrected chi connectivity index (χ3v) is 5.08. The molecule has 3 aromatic rings. The van der Waals surface area contributed by atoms with Crippen molar-refractivity contribution in [2.24, 2.45) is 0 Å². The van der Waals surface area contributed by atoms with Crippen molar-refractivity contribution < 1.29 is 14.3 Å². The van der Waals surface area contributed by atoms with Gasteiger partial charge in [-0.1, -0.05) is 41.9 Å². The number of esters is 1. The highest BCUT2D eigenvalue weighted by Crippen LogP contribution is 2.29. The van der Waals surface area contributed by atoms with Crippen LogP contribution in [0.1, 0.15) is 44.5 Å². The predicted molar refractivity (Wildman–Crippen MR) is 115 cm³/mol. The summed E-state index contributed by atoms with van der Waals surface area (Å²) in [4.78, 5) is 25.5. The Labute approximate surface area is 175 Å². The number of halogens is 1. The first-order chi connectivity index (χ1) is 13.9. The lowest BCUT2D eigenvalue weighted by Gasteiger charge is -2.14. The molecule has 0 saturated carbocycles. The molecular weight excluding hydrogens is 388 g/mol. The molecule has 0 unspecified atom stereocenters. The summed E-state index contributed by atoms with van der Waals surface area (Å²) in [7, 11) is 0. The topological polar surface area (TPSA) is 60.3 Å². The summed E-state index contributed by atoms with van der Waals surface area (Å²) in [5.74, 6) is -0.340. The maximum Gasteiger partial charge on any atom is 0.342 e. The first kappa shape index (κ1) is 20.7. The molecule has 1 heterocycles. The summed E-state index contributed by atoms with van der Waals surface area (Å²) < 4.78 is 7.19. The zero-order valence-corrected chi connectivity index (χ0v) is 17.4. The van der Waals surface area contributed by atoms with Crippen molar-refractivity contribution in [1.29, 1.82) is 0 Å². The van der Waals surface area contributed by atoms with Gasteiger partial charge >= 0.3 is 5.97 Å². The van der Waals surface area contributed by atoms with Crippen LogP contribution in [0.5, 0.6) is 0 Å². The second-order valence-corrected chi connectivity index (χ2v) is 7.12. The molecule has 0 spiro atoms. The number of nitrogens with zero attached hydrogens (tertiary/aromatic N) is 1. The summed E-state index contributed by atoms with van der Waals surface area (Å²) in [5.41, 5.74) is 3.56. The number of hydrogen-bond acceptors (Lipinski definition) is 3. The highest BCUT2D eigenvalue weighted by molar-refractivity contribution is 6.30. The van der Waals surface area contributed by atoms with Gasteiger partial charge in [-0.25, -0.2) is 4.79 Å². The number of rotatable bonds is 6. The Hall–Kier alpha value is -3.05. The quantitative estimate of drug-likeness (QED) is 0.565. The number of anilines is 1. The van der Waals surface area contributed by atoms with Crippen LogP contribution in [-0.2, 0) is 11.3 Å². The van der Waals surface area contributed by atoms with E-state index >= 15 is 0 Å². The van der Waals surface area contributed by atoms with E-state index in [-0.39, 0.29) is 12.5 Å². The van der Waals surface area contributed by atoms with E-state index in [1.165, 1.54) is 0 Å². The average Bonchev–Trinajstić information content (AvgIpc) is 2.94. The fourth-order valence-electron chi connectivity index (χ4n) is 3.19. The van der Waals surface area contributed by atoms with Gasteiger partial charge in [0, 0.05) is 22.8 Å². The highest BCUT2D eigenvalue weighted by atomic mass is 35.5. The normalized spacial score (nSPS) is 10.6. The second-order valence-electron chi connectivity index (χ2n) is 6.69. The van der Waals surface area contributed by atoms with Gasteiger partial charge < -0.3 is 14.6 Å². The predicted octanol–water partition coefficient (Wildman–Crippen LogP) is 5.24. The number of carbonyl (C=O) groups excluding carboxylic acids is 2. The summed E-state index contributed by atoms with van der Waals surface area (Å²) in [6, 6.07) is 16.5. The van der Waals surface area contributed by atoms with Crippen LogP contribution in [0, 0.1) is 13.8 Å². The monoisotopic (exact) mass is 410 g/mol. The molecule has 0 fully saturated rings. The summed E-state index contributed by atoms with van der Waals surface area (Å²) in [6.07, 6.45) is 0. The molecule has 1 N–H and O–H groups in total. The van der Waals surface area contributed by atoms with E-state index in [0.717, 1.165) is 16.8 Å². The molecule has 0 radical (unpaired) electrons. The largest absolute Gasteiger partial charge is 0.462 e. The number of benzene rings is 2. The molecule has 0 saturated heterocycles. The molecule has 5 nitrogen and oxygen atoms in total. The van der Waals surface area contributed by atoms with Gasteiger partial charge in [-0.15, -0.1) is 0 Å². The average molecular weight is 411 g/mol. The molecule has 1 aromatic heterocycles. The Morgan fingerprint density at radius 3 is 2.31 bits per heavy atom. The van der Waals surface area contributed by atoms with Crippen molar-refractivity contribution in [3.05, 3.63) is 87.6 Å². The Morgan fingerprint density at radius 1 is 1.03 bits per heavy atom. The van der Waals surface area contributed by atoms with Gasteiger partial charge in [0.2, 0.25) is 0 Å². The molecule has 0 aliphatic rings. The molecule has 6 heteroatoms. The van der Waals surface area contributed by atoms with Gasteiger partial charge in [-0.3, -0.25) is 4.79 Å². The maximum atomic E-state index is 12.9. The van der Waals surface area contributed by atoms with E-state index < -0.39 is 5.97 Å². The first-order valence-corrected chi connectivity index (χ1v) is 9.77. The minimum Gasteiger partial charge on any atom is -0.462 e. The SMILES string of the molecule is CCOC(=O)c1c(C)c(C)n(Cc2ccccc2)c1NC(=O)c1ccc(Cl)cc1. The molecule has 3 rings (SSSR count). The van der Waals surface area contributed by atoms with Crippen LogP contribution in [0.2, 0.25) is 5.02 Å². The molecule has 1 amide bonds. The van der Waals surface area contributed by atoms with Crippen molar-refractivity contribution >= 4 is 29.3 Å². The third kappa shape index (κ3) is 4.51. The zero-order valence-electron chi connectivity index (χ0n) is 16.7. The highest BCUT2D eigenvalue weighted by Gasteiger charge is 2.26. The van der Waals surface area contributed by atoms with Crippen LogP contribution in [0.3, 0.4) is 0 Å². The zero-order chi connectivity index (χ0) is 21.0. The van der Waals surface area contributed by atoms with Crippen LogP contribution in [0.4, 0.5) is 5.82 Å². The van der Waals surface area contributed by atoms with Gasteiger partial charge in [0.25, 0.3) is 5.91 Å². The van der Waals surface area contributed by atoms with Gasteiger partial charge in [-0.2, -0.15) is 0 Å². The summed E-state index contributed by atoms with van der Waals surface area (Å²) >= 11 is 5.92. The number of ether oxygens (including phenoxy) is 1. The molecule has 0 aliphatic heterocycles. The van der Waals surface area contributed by atoms with Crippen LogP contribution >= 0.6 is 11.6 Å². The minimum absolute atomic E-state index is 0.256. The van der Waals surface area contributed by atoms with E-state index in [0.29, 0.717) is 28.5 Å². The minimum atomic E-state index is -0.452. The summed E-state index contributed by atoms with van der Waals surface area (Å²) in [6.45, 7) is 6.32. The number of carbonyl (C=O) groups is 2. The number of nitrogens with one attached hydrogen (secondary N) is 1. The van der Waals surface area contributed by atoms with Crippen molar-refractivity contribution in [1.82, 2.24) is 4.57 Å². The van der Waals surface area contributed by atoms with Crippen molar-refractivity contribution in [3.63, 3.8) is 0 Å². The van der Waals surface area contributed by atoms with Gasteiger partial charge in [0.1, 0.15) is 11.4 Å². The molecule has 2 aromatic carbocycles. The van der Waals surface area contributed by atoms with Gasteiger partial charge in [-0.05, 0) is 56.2 Å². The first-order valence-electron chi connectivity index (χ1n) is 9.40. The van der Waals surface area contributed by atoms with E-state index in [4.69, 9.17) is 16.3 Å².